The van der Waals surface area contributed by atoms with Gasteiger partial charge in [0.05, 0.1) is 13.0 Å². The van der Waals surface area contributed by atoms with Crippen molar-refractivity contribution in [2.24, 2.45) is 11.1 Å². The number of rotatable bonds is 1. The lowest BCUT2D eigenvalue weighted by molar-refractivity contribution is 0.0625. The SMILES string of the molecule is COc1ccc2c(c1)C1=NOC(C)C1CO2. The number of methoxy groups -OCH3 is 1. The van der Waals surface area contributed by atoms with Gasteiger partial charge in [0, 0.05) is 5.56 Å². The van der Waals surface area contributed by atoms with Gasteiger partial charge in [0.25, 0.3) is 0 Å². The normalized spacial score (nSPS) is 26.0. The minimum atomic E-state index is 0.0920. The van der Waals surface area contributed by atoms with E-state index in [1.807, 2.05) is 25.1 Å². The van der Waals surface area contributed by atoms with Crippen LogP contribution in [-0.2, 0) is 4.84 Å². The van der Waals surface area contributed by atoms with Crippen LogP contribution < -0.4 is 9.47 Å². The van der Waals surface area contributed by atoms with E-state index in [0.717, 1.165) is 22.8 Å². The molecule has 0 saturated heterocycles. The largest absolute Gasteiger partial charge is 0.497 e. The van der Waals surface area contributed by atoms with Crippen LogP contribution in [0.2, 0.25) is 0 Å². The van der Waals surface area contributed by atoms with Gasteiger partial charge in [-0.05, 0) is 25.1 Å². The van der Waals surface area contributed by atoms with Gasteiger partial charge >= 0.3 is 0 Å². The lowest BCUT2D eigenvalue weighted by Gasteiger charge is -2.23. The fourth-order valence-electron chi connectivity index (χ4n) is 2.11. The summed E-state index contributed by atoms with van der Waals surface area (Å²) >= 11 is 0. The summed E-state index contributed by atoms with van der Waals surface area (Å²) < 4.78 is 10.9. The number of nitrogens with zero attached hydrogens (tertiary/aromatic N) is 1. The Morgan fingerprint density at radius 1 is 1.44 bits per heavy atom. The molecule has 3 rings (SSSR count). The van der Waals surface area contributed by atoms with Crippen molar-refractivity contribution in [3.63, 3.8) is 0 Å². The third-order valence-corrected chi connectivity index (χ3v) is 3.12. The van der Waals surface area contributed by atoms with Crippen molar-refractivity contribution in [3.05, 3.63) is 23.8 Å². The van der Waals surface area contributed by atoms with Crippen molar-refractivity contribution < 1.29 is 14.3 Å². The van der Waals surface area contributed by atoms with E-state index < -0.39 is 0 Å². The van der Waals surface area contributed by atoms with Gasteiger partial charge in [0.1, 0.15) is 29.9 Å². The summed E-state index contributed by atoms with van der Waals surface area (Å²) in [4.78, 5) is 5.30. The van der Waals surface area contributed by atoms with E-state index in [1.165, 1.54) is 0 Å². The highest BCUT2D eigenvalue weighted by molar-refractivity contribution is 6.06. The third-order valence-electron chi connectivity index (χ3n) is 3.12. The standard InChI is InChI=1S/C12H13NO3/c1-7-10-6-15-11-4-3-8(14-2)5-9(11)12(10)13-16-7/h3-5,7,10H,6H2,1-2H3. The molecule has 2 unspecified atom stereocenters. The van der Waals surface area contributed by atoms with Crippen molar-refractivity contribution in [1.82, 2.24) is 0 Å². The van der Waals surface area contributed by atoms with Crippen molar-refractivity contribution in [3.8, 4) is 11.5 Å². The van der Waals surface area contributed by atoms with Gasteiger partial charge in [0.15, 0.2) is 0 Å². The van der Waals surface area contributed by atoms with Crippen LogP contribution in [0.25, 0.3) is 0 Å². The summed E-state index contributed by atoms with van der Waals surface area (Å²) in [6, 6.07) is 5.75. The molecule has 2 aliphatic heterocycles. The first-order valence-corrected chi connectivity index (χ1v) is 5.34. The van der Waals surface area contributed by atoms with E-state index in [4.69, 9.17) is 14.3 Å². The molecule has 0 fully saturated rings. The summed E-state index contributed by atoms with van der Waals surface area (Å²) in [5, 5.41) is 4.14. The molecular formula is C12H13NO3. The molecule has 84 valence electrons. The number of ether oxygens (including phenoxy) is 2. The van der Waals surface area contributed by atoms with Gasteiger partial charge in [-0.25, -0.2) is 0 Å². The lowest BCUT2D eigenvalue weighted by Crippen LogP contribution is -2.31. The predicted octanol–water partition coefficient (Wildman–Crippen LogP) is 1.83. The van der Waals surface area contributed by atoms with Gasteiger partial charge in [-0.3, -0.25) is 0 Å². The molecular weight excluding hydrogens is 206 g/mol. The van der Waals surface area contributed by atoms with Crippen LogP contribution >= 0.6 is 0 Å². The highest BCUT2D eigenvalue weighted by Crippen LogP contribution is 2.35. The molecule has 2 atom stereocenters. The van der Waals surface area contributed by atoms with Gasteiger partial charge < -0.3 is 14.3 Å². The lowest BCUT2D eigenvalue weighted by atomic mass is 9.91. The molecule has 4 nitrogen and oxygen atoms in total. The van der Waals surface area contributed by atoms with Crippen LogP contribution in [0.3, 0.4) is 0 Å². The molecule has 0 bridgehead atoms. The van der Waals surface area contributed by atoms with Crippen LogP contribution in [-0.4, -0.2) is 25.5 Å². The molecule has 0 spiro atoms. The van der Waals surface area contributed by atoms with Crippen molar-refractivity contribution in [1.29, 1.82) is 0 Å². The Balaban J connectivity index is 2.07. The number of fused-ring (bicyclic) bond motifs is 3. The van der Waals surface area contributed by atoms with E-state index in [-0.39, 0.29) is 12.0 Å². The first-order valence-electron chi connectivity index (χ1n) is 5.34. The number of oxime groups is 1. The molecule has 0 N–H and O–H groups in total. The highest BCUT2D eigenvalue weighted by Gasteiger charge is 2.37. The van der Waals surface area contributed by atoms with Crippen LogP contribution in [0.15, 0.2) is 23.4 Å². The Hall–Kier alpha value is -1.71. The van der Waals surface area contributed by atoms with E-state index in [0.29, 0.717) is 6.61 Å². The van der Waals surface area contributed by atoms with Crippen LogP contribution in [0.1, 0.15) is 12.5 Å². The minimum absolute atomic E-state index is 0.0920. The summed E-state index contributed by atoms with van der Waals surface area (Å²) in [6.45, 7) is 2.65. The summed E-state index contributed by atoms with van der Waals surface area (Å²) in [5.74, 6) is 1.90. The highest BCUT2D eigenvalue weighted by atomic mass is 16.6. The topological polar surface area (TPSA) is 40.0 Å². The molecule has 0 radical (unpaired) electrons. The molecule has 1 aromatic rings. The molecule has 2 heterocycles. The third kappa shape index (κ3) is 1.26. The van der Waals surface area contributed by atoms with Crippen molar-refractivity contribution >= 4 is 5.71 Å². The molecule has 16 heavy (non-hydrogen) atoms. The van der Waals surface area contributed by atoms with Gasteiger partial charge in [-0.15, -0.1) is 0 Å². The molecule has 0 amide bonds. The zero-order valence-electron chi connectivity index (χ0n) is 9.27. The maximum Gasteiger partial charge on any atom is 0.136 e. The molecule has 4 heteroatoms. The second-order valence-electron chi connectivity index (χ2n) is 4.07. The first-order chi connectivity index (χ1) is 7.79. The number of hydrogen-bond donors (Lipinski definition) is 0. The van der Waals surface area contributed by atoms with Crippen LogP contribution in [0.4, 0.5) is 0 Å². The molecule has 0 aliphatic carbocycles. The Bertz CT molecular complexity index is 456. The van der Waals surface area contributed by atoms with Gasteiger partial charge in [-0.1, -0.05) is 5.16 Å². The summed E-state index contributed by atoms with van der Waals surface area (Å²) in [6.07, 6.45) is 0.0920. The van der Waals surface area contributed by atoms with Crippen molar-refractivity contribution in [2.45, 2.75) is 13.0 Å². The average Bonchev–Trinajstić information content (AvgIpc) is 2.71. The fraction of sp³-hybridized carbons (Fsp3) is 0.417. The summed E-state index contributed by atoms with van der Waals surface area (Å²) in [7, 11) is 1.65. The maximum atomic E-state index is 5.69. The van der Waals surface area contributed by atoms with Crippen LogP contribution in [0, 0.1) is 5.92 Å². The molecule has 2 aliphatic rings. The molecule has 1 aromatic carbocycles. The smallest absolute Gasteiger partial charge is 0.136 e. The van der Waals surface area contributed by atoms with Crippen LogP contribution in [0.5, 0.6) is 11.5 Å². The Morgan fingerprint density at radius 2 is 2.31 bits per heavy atom. The Kier molecular flexibility index (Phi) is 2.02. The molecule has 0 aromatic heterocycles. The molecule has 0 saturated carbocycles. The Morgan fingerprint density at radius 3 is 3.12 bits per heavy atom. The number of hydrogen-bond acceptors (Lipinski definition) is 4. The maximum absolute atomic E-state index is 5.69. The zero-order valence-corrected chi connectivity index (χ0v) is 9.27. The second kappa shape index (κ2) is 3.40. The zero-order chi connectivity index (χ0) is 11.1. The quantitative estimate of drug-likeness (QED) is 0.723. The van der Waals surface area contributed by atoms with Crippen molar-refractivity contribution in [2.75, 3.05) is 13.7 Å². The number of benzene rings is 1. The van der Waals surface area contributed by atoms with E-state index in [9.17, 15) is 0 Å². The monoisotopic (exact) mass is 219 g/mol. The second-order valence-corrected chi connectivity index (χ2v) is 4.07. The first kappa shape index (κ1) is 9.51. The van der Waals surface area contributed by atoms with Gasteiger partial charge in [-0.2, -0.15) is 0 Å². The fourth-order valence-corrected chi connectivity index (χ4v) is 2.11. The predicted molar refractivity (Wildman–Crippen MR) is 59.1 cm³/mol. The van der Waals surface area contributed by atoms with Gasteiger partial charge in [0.2, 0.25) is 0 Å². The average molecular weight is 219 g/mol. The van der Waals surface area contributed by atoms with E-state index in [1.54, 1.807) is 7.11 Å². The van der Waals surface area contributed by atoms with E-state index in [2.05, 4.69) is 5.16 Å². The Labute approximate surface area is 93.8 Å². The summed E-state index contributed by atoms with van der Waals surface area (Å²) in [5.41, 5.74) is 1.97. The van der Waals surface area contributed by atoms with E-state index >= 15 is 0 Å². The minimum Gasteiger partial charge on any atom is -0.497 e.